The number of rotatable bonds is 2. The van der Waals surface area contributed by atoms with Crippen molar-refractivity contribution in [2.45, 2.75) is 5.92 Å². The molecule has 1 aromatic heterocycles. The van der Waals surface area contributed by atoms with Gasteiger partial charge in [-0.15, -0.1) is 0 Å². The normalized spacial score (nSPS) is 16.1. The Labute approximate surface area is 144 Å². The molecule has 5 nitrogen and oxygen atoms in total. The lowest BCUT2D eigenvalue weighted by molar-refractivity contribution is 0.396. The summed E-state index contributed by atoms with van der Waals surface area (Å²) in [6.45, 7) is 0. The minimum Gasteiger partial charge on any atom is -0.497 e. The highest BCUT2D eigenvalue weighted by Gasteiger charge is 2.32. The van der Waals surface area contributed by atoms with Gasteiger partial charge in [0, 0.05) is 17.1 Å². The van der Waals surface area contributed by atoms with Crippen molar-refractivity contribution in [1.29, 1.82) is 5.26 Å². The van der Waals surface area contributed by atoms with Crippen LogP contribution in [-0.2, 0) is 0 Å². The molecular formula is C20H15N3O2. The van der Waals surface area contributed by atoms with Gasteiger partial charge in [-0.2, -0.15) is 5.26 Å². The number of ether oxygens (including phenoxy) is 2. The third kappa shape index (κ3) is 2.36. The van der Waals surface area contributed by atoms with Crippen molar-refractivity contribution in [3.63, 3.8) is 0 Å². The van der Waals surface area contributed by atoms with Crippen molar-refractivity contribution in [1.82, 2.24) is 4.98 Å². The van der Waals surface area contributed by atoms with Gasteiger partial charge in [-0.3, -0.25) is 4.98 Å². The van der Waals surface area contributed by atoms with Gasteiger partial charge in [0.2, 0.25) is 5.88 Å². The van der Waals surface area contributed by atoms with Crippen molar-refractivity contribution in [3.8, 4) is 17.6 Å². The molecule has 5 heteroatoms. The Balaban J connectivity index is 2.00. The van der Waals surface area contributed by atoms with Gasteiger partial charge in [-0.05, 0) is 23.8 Å². The molecular weight excluding hydrogens is 314 g/mol. The molecule has 25 heavy (non-hydrogen) atoms. The zero-order valence-corrected chi connectivity index (χ0v) is 13.6. The smallest absolute Gasteiger partial charge is 0.205 e. The maximum atomic E-state index is 9.64. The Bertz CT molecular complexity index is 1050. The SMILES string of the molecule is COc1cccc(C2C(C#N)=C(N)Oc3c2ccc2cccnc32)c1. The maximum absolute atomic E-state index is 9.64. The fourth-order valence-electron chi connectivity index (χ4n) is 3.22. The lowest BCUT2D eigenvalue weighted by Gasteiger charge is -2.27. The number of hydrogen-bond donors (Lipinski definition) is 1. The van der Waals surface area contributed by atoms with Gasteiger partial charge in [0.05, 0.1) is 13.0 Å². The van der Waals surface area contributed by atoms with Crippen molar-refractivity contribution in [2.24, 2.45) is 5.73 Å². The molecule has 0 aliphatic carbocycles. The lowest BCUT2D eigenvalue weighted by atomic mass is 9.83. The molecule has 0 saturated heterocycles. The summed E-state index contributed by atoms with van der Waals surface area (Å²) in [4.78, 5) is 4.43. The van der Waals surface area contributed by atoms with Gasteiger partial charge in [0.1, 0.15) is 22.9 Å². The van der Waals surface area contributed by atoms with Crippen LogP contribution in [0, 0.1) is 11.3 Å². The molecule has 2 aromatic carbocycles. The molecule has 2 heterocycles. The van der Waals surface area contributed by atoms with Crippen molar-refractivity contribution in [2.75, 3.05) is 7.11 Å². The predicted molar refractivity (Wildman–Crippen MR) is 94.0 cm³/mol. The number of aromatic nitrogens is 1. The number of hydrogen-bond acceptors (Lipinski definition) is 5. The Morgan fingerprint density at radius 2 is 2.08 bits per heavy atom. The van der Waals surface area contributed by atoms with Crippen LogP contribution in [0.1, 0.15) is 17.0 Å². The van der Waals surface area contributed by atoms with Crippen molar-refractivity contribution >= 4 is 10.9 Å². The van der Waals surface area contributed by atoms with Crippen LogP contribution in [0.2, 0.25) is 0 Å². The van der Waals surface area contributed by atoms with Gasteiger partial charge in [-0.1, -0.05) is 30.3 Å². The topological polar surface area (TPSA) is 81.2 Å². The third-order valence-electron chi connectivity index (χ3n) is 4.38. The minimum atomic E-state index is -0.324. The molecule has 1 aliphatic heterocycles. The molecule has 1 unspecified atom stereocenters. The van der Waals surface area contributed by atoms with E-state index in [0.29, 0.717) is 11.3 Å². The predicted octanol–water partition coefficient (Wildman–Crippen LogP) is 3.46. The number of nitrogens with zero attached hydrogens (tertiary/aromatic N) is 2. The van der Waals surface area contributed by atoms with Gasteiger partial charge >= 0.3 is 0 Å². The second-order valence-corrected chi connectivity index (χ2v) is 5.76. The first-order valence-corrected chi connectivity index (χ1v) is 7.82. The van der Waals surface area contributed by atoms with Crippen LogP contribution in [0.4, 0.5) is 0 Å². The van der Waals surface area contributed by atoms with Gasteiger partial charge in [-0.25, -0.2) is 0 Å². The molecule has 3 aromatic rings. The van der Waals surface area contributed by atoms with Gasteiger partial charge in [0.25, 0.3) is 0 Å². The van der Waals surface area contributed by atoms with E-state index < -0.39 is 0 Å². The zero-order chi connectivity index (χ0) is 17.4. The van der Waals surface area contributed by atoms with E-state index >= 15 is 0 Å². The average Bonchev–Trinajstić information content (AvgIpc) is 2.67. The summed E-state index contributed by atoms with van der Waals surface area (Å²) in [5, 5.41) is 10.6. The number of fused-ring (bicyclic) bond motifs is 3. The summed E-state index contributed by atoms with van der Waals surface area (Å²) in [6, 6.07) is 17.6. The van der Waals surface area contributed by atoms with Crippen LogP contribution < -0.4 is 15.2 Å². The molecule has 1 atom stereocenters. The van der Waals surface area contributed by atoms with Gasteiger partial charge < -0.3 is 15.2 Å². The molecule has 1 aliphatic rings. The monoisotopic (exact) mass is 329 g/mol. The second kappa shape index (κ2) is 5.84. The Hall–Kier alpha value is -3.52. The number of nitriles is 1. The molecule has 0 fully saturated rings. The standard InChI is InChI=1S/C20H15N3O2/c1-24-14-6-2-4-13(10-14)17-15-8-7-12-5-3-9-23-18(12)19(15)25-20(22)16(17)11-21/h2-10,17H,22H2,1H3. The van der Waals surface area contributed by atoms with Crippen LogP contribution in [-0.4, -0.2) is 12.1 Å². The highest BCUT2D eigenvalue weighted by molar-refractivity contribution is 5.87. The lowest BCUT2D eigenvalue weighted by Crippen LogP contribution is -2.21. The van der Waals surface area contributed by atoms with Crippen LogP contribution in [0.15, 0.2) is 66.2 Å². The molecule has 2 N–H and O–H groups in total. The molecule has 0 saturated carbocycles. The fraction of sp³-hybridized carbons (Fsp3) is 0.100. The van der Waals surface area contributed by atoms with E-state index in [1.54, 1.807) is 13.3 Å². The summed E-state index contributed by atoms with van der Waals surface area (Å²) < 4.78 is 11.1. The second-order valence-electron chi connectivity index (χ2n) is 5.76. The van der Waals surface area contributed by atoms with E-state index in [1.165, 1.54) is 0 Å². The third-order valence-corrected chi connectivity index (χ3v) is 4.38. The van der Waals surface area contributed by atoms with E-state index in [-0.39, 0.29) is 11.8 Å². The first kappa shape index (κ1) is 15.0. The first-order valence-electron chi connectivity index (χ1n) is 7.82. The zero-order valence-electron chi connectivity index (χ0n) is 13.6. The highest BCUT2D eigenvalue weighted by Crippen LogP contribution is 2.45. The summed E-state index contributed by atoms with van der Waals surface area (Å²) in [5.74, 6) is 1.11. The Morgan fingerprint density at radius 1 is 1.20 bits per heavy atom. The highest BCUT2D eigenvalue weighted by atomic mass is 16.5. The number of allylic oxidation sites excluding steroid dienone is 1. The molecule has 0 bridgehead atoms. The number of nitrogens with two attached hydrogens (primary N) is 1. The number of benzene rings is 2. The van der Waals surface area contributed by atoms with Gasteiger partial charge in [0.15, 0.2) is 5.75 Å². The van der Waals surface area contributed by atoms with E-state index in [2.05, 4.69) is 11.1 Å². The molecule has 0 amide bonds. The summed E-state index contributed by atoms with van der Waals surface area (Å²) in [7, 11) is 1.61. The first-order chi connectivity index (χ1) is 12.2. The van der Waals surface area contributed by atoms with Crippen molar-refractivity contribution < 1.29 is 9.47 Å². The van der Waals surface area contributed by atoms with Crippen LogP contribution in [0.3, 0.4) is 0 Å². The molecule has 4 rings (SSSR count). The number of pyridine rings is 1. The minimum absolute atomic E-state index is 0.112. The van der Waals surface area contributed by atoms with Crippen LogP contribution in [0.5, 0.6) is 11.5 Å². The van der Waals surface area contributed by atoms with E-state index in [9.17, 15) is 5.26 Å². The van der Waals surface area contributed by atoms with Crippen molar-refractivity contribution in [3.05, 3.63) is 77.3 Å². The van der Waals surface area contributed by atoms with E-state index in [1.807, 2.05) is 48.5 Å². The van der Waals surface area contributed by atoms with Crippen LogP contribution >= 0.6 is 0 Å². The Kier molecular flexibility index (Phi) is 3.51. The van der Waals surface area contributed by atoms with Crippen LogP contribution in [0.25, 0.3) is 10.9 Å². The number of methoxy groups -OCH3 is 1. The quantitative estimate of drug-likeness (QED) is 0.778. The summed E-state index contributed by atoms with van der Waals surface area (Å²) in [6.07, 6.45) is 1.71. The maximum Gasteiger partial charge on any atom is 0.205 e. The van der Waals surface area contributed by atoms with E-state index in [4.69, 9.17) is 15.2 Å². The molecule has 0 radical (unpaired) electrons. The summed E-state index contributed by atoms with van der Waals surface area (Å²) >= 11 is 0. The van der Waals surface area contributed by atoms with E-state index in [0.717, 1.165) is 27.8 Å². The Morgan fingerprint density at radius 3 is 2.88 bits per heavy atom. The largest absolute Gasteiger partial charge is 0.497 e. The molecule has 0 spiro atoms. The average molecular weight is 329 g/mol. The summed E-state index contributed by atoms with van der Waals surface area (Å²) in [5.41, 5.74) is 8.97. The fourth-order valence-corrected chi connectivity index (χ4v) is 3.22. The molecule has 122 valence electrons.